The zero-order chi connectivity index (χ0) is 24.6. The Kier molecular flexibility index (Phi) is 7.70. The number of hydrogen-bond acceptors (Lipinski definition) is 6. The Balaban J connectivity index is 1.37. The van der Waals surface area contributed by atoms with E-state index in [-0.39, 0.29) is 11.8 Å². The minimum Gasteiger partial charge on any atom is -0.479 e. The third-order valence-electron chi connectivity index (χ3n) is 5.88. The fourth-order valence-electron chi connectivity index (χ4n) is 3.90. The summed E-state index contributed by atoms with van der Waals surface area (Å²) in [5, 5.41) is 15.1. The Bertz CT molecular complexity index is 1190. The number of benzene rings is 2. The number of likely N-dealkylation sites (tertiary alicyclic amines) is 1. The van der Waals surface area contributed by atoms with Crippen LogP contribution < -0.4 is 15.4 Å². The van der Waals surface area contributed by atoms with Crippen LogP contribution in [0.1, 0.15) is 29.2 Å². The Morgan fingerprint density at radius 2 is 1.94 bits per heavy atom. The monoisotopic (exact) mass is 469 g/mol. The van der Waals surface area contributed by atoms with Crippen LogP contribution in [-0.4, -0.2) is 47.9 Å². The number of amides is 2. The zero-order valence-corrected chi connectivity index (χ0v) is 19.5. The first-order chi connectivity index (χ1) is 17.0. The molecule has 0 bridgehead atoms. The molecule has 35 heavy (non-hydrogen) atoms. The van der Waals surface area contributed by atoms with Crippen molar-refractivity contribution in [2.24, 2.45) is 0 Å². The molecule has 4 rings (SSSR count). The van der Waals surface area contributed by atoms with Gasteiger partial charge in [0.25, 0.3) is 5.91 Å². The van der Waals surface area contributed by atoms with Gasteiger partial charge in [-0.2, -0.15) is 5.26 Å². The molecule has 2 N–H and O–H groups in total. The Hall–Kier alpha value is -4.22. The molecule has 3 aromatic rings. The highest BCUT2D eigenvalue weighted by atomic mass is 16.5. The second-order valence-corrected chi connectivity index (χ2v) is 8.38. The van der Waals surface area contributed by atoms with E-state index in [1.807, 2.05) is 42.5 Å². The minimum absolute atomic E-state index is 0.0415. The summed E-state index contributed by atoms with van der Waals surface area (Å²) in [7, 11) is 1.75. The highest BCUT2D eigenvalue weighted by molar-refractivity contribution is 5.94. The smallest absolute Gasteiger partial charge is 0.263 e. The standard InChI is InChI=1S/C27H27N5O3/c1-32-16-14-23(27(32)34)35-22-11-12-24(30-18-22)31-26(33)25(21-5-3-2-4-6-21)29-15-13-19-7-9-20(17-28)10-8-19/h2-12,18,23,25,29H,13-16H2,1H3,(H,30,31,33)/t23-,25?/m1/s1. The van der Waals surface area contributed by atoms with E-state index in [2.05, 4.69) is 21.7 Å². The van der Waals surface area contributed by atoms with Crippen molar-refractivity contribution in [3.05, 3.63) is 89.6 Å². The molecule has 1 aliphatic rings. The fourth-order valence-corrected chi connectivity index (χ4v) is 3.90. The summed E-state index contributed by atoms with van der Waals surface area (Å²) < 4.78 is 5.75. The molecule has 0 saturated carbocycles. The number of rotatable bonds is 9. The highest BCUT2D eigenvalue weighted by Crippen LogP contribution is 2.20. The van der Waals surface area contributed by atoms with E-state index in [1.165, 1.54) is 6.20 Å². The molecular formula is C27H27N5O3. The van der Waals surface area contributed by atoms with E-state index in [0.29, 0.717) is 43.1 Å². The van der Waals surface area contributed by atoms with E-state index < -0.39 is 12.1 Å². The lowest BCUT2D eigenvalue weighted by atomic mass is 10.1. The molecule has 1 unspecified atom stereocenters. The molecule has 1 fully saturated rings. The number of hydrogen-bond donors (Lipinski definition) is 2. The van der Waals surface area contributed by atoms with Crippen LogP contribution in [0.4, 0.5) is 5.82 Å². The molecule has 0 aliphatic carbocycles. The molecule has 2 aromatic carbocycles. The van der Waals surface area contributed by atoms with Crippen LogP contribution in [-0.2, 0) is 16.0 Å². The number of anilines is 1. The lowest BCUT2D eigenvalue weighted by Gasteiger charge is -2.19. The average molecular weight is 470 g/mol. The molecule has 2 atom stereocenters. The van der Waals surface area contributed by atoms with Gasteiger partial charge >= 0.3 is 0 Å². The van der Waals surface area contributed by atoms with E-state index in [1.54, 1.807) is 36.2 Å². The molecule has 1 aliphatic heterocycles. The minimum atomic E-state index is -0.570. The van der Waals surface area contributed by atoms with Crippen molar-refractivity contribution in [3.63, 3.8) is 0 Å². The Labute approximate surface area is 204 Å². The lowest BCUT2D eigenvalue weighted by molar-refractivity contribution is -0.132. The van der Waals surface area contributed by atoms with Crippen molar-refractivity contribution in [1.82, 2.24) is 15.2 Å². The lowest BCUT2D eigenvalue weighted by Crippen LogP contribution is -2.34. The SMILES string of the molecule is CN1CC[C@@H](Oc2ccc(NC(=O)C(NCCc3ccc(C#N)cc3)c3ccccc3)nc2)C1=O. The van der Waals surface area contributed by atoms with Crippen LogP contribution >= 0.6 is 0 Å². The van der Waals surface area contributed by atoms with Gasteiger partial charge in [-0.3, -0.25) is 9.59 Å². The van der Waals surface area contributed by atoms with Crippen molar-refractivity contribution in [1.29, 1.82) is 5.26 Å². The molecule has 8 nitrogen and oxygen atoms in total. The molecule has 2 heterocycles. The number of aromatic nitrogens is 1. The van der Waals surface area contributed by atoms with Gasteiger partial charge in [-0.15, -0.1) is 0 Å². The third kappa shape index (κ3) is 6.22. The molecule has 2 amide bonds. The van der Waals surface area contributed by atoms with Gasteiger partial charge in [0.2, 0.25) is 5.91 Å². The van der Waals surface area contributed by atoms with Crippen molar-refractivity contribution in [2.45, 2.75) is 25.0 Å². The second-order valence-electron chi connectivity index (χ2n) is 8.38. The van der Waals surface area contributed by atoms with Crippen molar-refractivity contribution >= 4 is 17.6 Å². The Morgan fingerprint density at radius 1 is 1.17 bits per heavy atom. The van der Waals surface area contributed by atoms with E-state index in [9.17, 15) is 9.59 Å². The molecule has 1 saturated heterocycles. The van der Waals surface area contributed by atoms with Gasteiger partial charge in [0.1, 0.15) is 17.6 Å². The maximum absolute atomic E-state index is 13.2. The van der Waals surface area contributed by atoms with E-state index in [0.717, 1.165) is 11.1 Å². The number of nitrogens with zero attached hydrogens (tertiary/aromatic N) is 3. The number of likely N-dealkylation sites (N-methyl/N-ethyl adjacent to an activating group) is 1. The second kappa shape index (κ2) is 11.3. The van der Waals surface area contributed by atoms with Gasteiger partial charge in [0, 0.05) is 26.6 Å². The highest BCUT2D eigenvalue weighted by Gasteiger charge is 2.30. The number of carbonyl (C=O) groups is 2. The van der Waals surface area contributed by atoms with Gasteiger partial charge in [0.15, 0.2) is 6.10 Å². The van der Waals surface area contributed by atoms with Crippen LogP contribution in [0.2, 0.25) is 0 Å². The normalized spacial score (nSPS) is 15.9. The van der Waals surface area contributed by atoms with Gasteiger partial charge in [0.05, 0.1) is 17.8 Å². The van der Waals surface area contributed by atoms with Crippen molar-refractivity contribution in [2.75, 3.05) is 25.5 Å². The van der Waals surface area contributed by atoms with Crippen LogP contribution in [0.5, 0.6) is 5.75 Å². The fraction of sp³-hybridized carbons (Fsp3) is 0.259. The van der Waals surface area contributed by atoms with Gasteiger partial charge in [-0.1, -0.05) is 42.5 Å². The summed E-state index contributed by atoms with van der Waals surface area (Å²) in [4.78, 5) is 31.1. The zero-order valence-electron chi connectivity index (χ0n) is 19.5. The first-order valence-electron chi connectivity index (χ1n) is 11.5. The van der Waals surface area contributed by atoms with E-state index >= 15 is 0 Å². The summed E-state index contributed by atoms with van der Waals surface area (Å²) in [6, 6.07) is 21.8. The summed E-state index contributed by atoms with van der Waals surface area (Å²) in [6.07, 6.45) is 2.37. The number of nitrogens with one attached hydrogen (secondary N) is 2. The van der Waals surface area contributed by atoms with Crippen LogP contribution in [0.15, 0.2) is 72.9 Å². The predicted octanol–water partition coefficient (Wildman–Crippen LogP) is 3.07. The summed E-state index contributed by atoms with van der Waals surface area (Å²) in [5.74, 6) is 0.605. The maximum atomic E-state index is 13.2. The van der Waals surface area contributed by atoms with Crippen LogP contribution in [0.3, 0.4) is 0 Å². The maximum Gasteiger partial charge on any atom is 0.263 e. The van der Waals surface area contributed by atoms with Crippen molar-refractivity contribution < 1.29 is 14.3 Å². The van der Waals surface area contributed by atoms with Crippen LogP contribution in [0.25, 0.3) is 0 Å². The summed E-state index contributed by atoms with van der Waals surface area (Å²) >= 11 is 0. The number of ether oxygens (including phenoxy) is 1. The summed E-state index contributed by atoms with van der Waals surface area (Å²) in [5.41, 5.74) is 2.54. The predicted molar refractivity (Wildman–Crippen MR) is 132 cm³/mol. The van der Waals surface area contributed by atoms with Gasteiger partial charge < -0.3 is 20.3 Å². The van der Waals surface area contributed by atoms with E-state index in [4.69, 9.17) is 10.00 Å². The first-order valence-corrected chi connectivity index (χ1v) is 11.5. The third-order valence-corrected chi connectivity index (χ3v) is 5.88. The number of nitriles is 1. The average Bonchev–Trinajstić information content (AvgIpc) is 3.20. The first kappa shape index (κ1) is 23.9. The molecule has 1 aromatic heterocycles. The molecular weight excluding hydrogens is 442 g/mol. The van der Waals surface area contributed by atoms with Gasteiger partial charge in [-0.25, -0.2) is 4.98 Å². The molecule has 0 spiro atoms. The molecule has 178 valence electrons. The molecule has 8 heteroatoms. The number of pyridine rings is 1. The van der Waals surface area contributed by atoms with Gasteiger partial charge in [-0.05, 0) is 41.8 Å². The number of carbonyl (C=O) groups excluding carboxylic acids is 2. The van der Waals surface area contributed by atoms with Crippen LogP contribution in [0, 0.1) is 11.3 Å². The molecule has 0 radical (unpaired) electrons. The summed E-state index contributed by atoms with van der Waals surface area (Å²) in [6.45, 7) is 1.24. The van der Waals surface area contributed by atoms with Crippen molar-refractivity contribution in [3.8, 4) is 11.8 Å². The largest absolute Gasteiger partial charge is 0.479 e. The topological polar surface area (TPSA) is 107 Å². The Morgan fingerprint density at radius 3 is 2.57 bits per heavy atom. The quantitative estimate of drug-likeness (QED) is 0.499.